The van der Waals surface area contributed by atoms with Crippen LogP contribution in [0.4, 0.5) is 0 Å². The second-order valence-corrected chi connectivity index (χ2v) is 7.60. The topological polar surface area (TPSA) is 47.0 Å². The van der Waals surface area contributed by atoms with E-state index in [9.17, 15) is 0 Å². The Bertz CT molecular complexity index is 444. The summed E-state index contributed by atoms with van der Waals surface area (Å²) < 4.78 is 5.88. The summed E-state index contributed by atoms with van der Waals surface area (Å²) in [5.41, 5.74) is 1.03. The van der Waals surface area contributed by atoms with Crippen LogP contribution in [0.15, 0.2) is 12.4 Å². The summed E-state index contributed by atoms with van der Waals surface area (Å²) >= 11 is 0. The van der Waals surface area contributed by atoms with Gasteiger partial charge >= 0.3 is 0 Å². The molecule has 1 fully saturated rings. The summed E-state index contributed by atoms with van der Waals surface area (Å²) in [6, 6.07) is 1.14. The molecule has 4 heteroatoms. The Labute approximate surface area is 128 Å². The van der Waals surface area contributed by atoms with Gasteiger partial charge in [-0.05, 0) is 25.7 Å². The van der Waals surface area contributed by atoms with E-state index in [-0.39, 0.29) is 11.5 Å². The Morgan fingerprint density at radius 3 is 2.29 bits per heavy atom. The highest BCUT2D eigenvalue weighted by molar-refractivity contribution is 5.14. The van der Waals surface area contributed by atoms with Crippen LogP contribution >= 0.6 is 0 Å². The first-order chi connectivity index (χ1) is 9.75. The minimum Gasteiger partial charge on any atom is -0.473 e. The van der Waals surface area contributed by atoms with Gasteiger partial charge in [-0.15, -0.1) is 0 Å². The minimum atomic E-state index is 0.0317. The molecule has 1 N–H and O–H groups in total. The second-order valence-electron chi connectivity index (χ2n) is 7.60. The molecule has 0 aromatic carbocycles. The predicted octanol–water partition coefficient (Wildman–Crippen LogP) is 3.32. The zero-order valence-electron chi connectivity index (χ0n) is 14.2. The van der Waals surface area contributed by atoms with Crippen molar-refractivity contribution in [2.75, 3.05) is 0 Å². The molecule has 118 valence electrons. The highest BCUT2D eigenvalue weighted by atomic mass is 16.5. The Morgan fingerprint density at radius 1 is 1.14 bits per heavy atom. The molecule has 0 bridgehead atoms. The first-order valence-corrected chi connectivity index (χ1v) is 8.01. The molecule has 4 nitrogen and oxygen atoms in total. The van der Waals surface area contributed by atoms with Gasteiger partial charge in [-0.25, -0.2) is 4.98 Å². The van der Waals surface area contributed by atoms with Crippen molar-refractivity contribution in [2.24, 2.45) is 5.92 Å². The van der Waals surface area contributed by atoms with Gasteiger partial charge in [-0.1, -0.05) is 34.6 Å². The Kier molecular flexibility index (Phi) is 4.87. The van der Waals surface area contributed by atoms with E-state index in [0.717, 1.165) is 18.5 Å². The third-order valence-corrected chi connectivity index (χ3v) is 4.28. The normalized spacial score (nSPS) is 23.8. The smallest absolute Gasteiger partial charge is 0.232 e. The van der Waals surface area contributed by atoms with E-state index in [2.05, 4.69) is 56.8 Å². The third-order valence-electron chi connectivity index (χ3n) is 4.28. The van der Waals surface area contributed by atoms with Gasteiger partial charge in [0.25, 0.3) is 0 Å². The quantitative estimate of drug-likeness (QED) is 0.904. The van der Waals surface area contributed by atoms with E-state index < -0.39 is 0 Å². The summed E-state index contributed by atoms with van der Waals surface area (Å²) in [7, 11) is 0. The Balaban J connectivity index is 1.78. The fourth-order valence-corrected chi connectivity index (χ4v) is 2.30. The van der Waals surface area contributed by atoms with Gasteiger partial charge in [0.15, 0.2) is 0 Å². The van der Waals surface area contributed by atoms with Crippen molar-refractivity contribution in [2.45, 2.75) is 78.0 Å². The number of hydrogen-bond donors (Lipinski definition) is 1. The lowest BCUT2D eigenvalue weighted by Crippen LogP contribution is -2.50. The average molecular weight is 291 g/mol. The van der Waals surface area contributed by atoms with Crippen molar-refractivity contribution in [1.29, 1.82) is 0 Å². The summed E-state index contributed by atoms with van der Waals surface area (Å²) in [4.78, 5) is 8.82. The molecule has 1 aliphatic carbocycles. The molecule has 1 aliphatic rings. The SMILES string of the molecule is CC(C)[C@H](C)N[C@H]1C[C@H](Oc2cnc(C(C)(C)C)cn2)C1. The molecule has 0 unspecified atom stereocenters. The third kappa shape index (κ3) is 4.40. The monoisotopic (exact) mass is 291 g/mol. The fraction of sp³-hybridized carbons (Fsp3) is 0.765. The summed E-state index contributed by atoms with van der Waals surface area (Å²) in [5, 5.41) is 3.64. The van der Waals surface area contributed by atoms with E-state index in [1.54, 1.807) is 6.20 Å². The molecule has 1 aromatic heterocycles. The Hall–Kier alpha value is -1.16. The van der Waals surface area contributed by atoms with Crippen LogP contribution in [-0.4, -0.2) is 28.2 Å². The van der Waals surface area contributed by atoms with Crippen molar-refractivity contribution in [3.8, 4) is 5.88 Å². The number of aromatic nitrogens is 2. The standard InChI is InChI=1S/C17H29N3O/c1-11(2)12(3)20-13-7-14(8-13)21-16-10-18-15(9-19-16)17(4,5)6/h9-14,20H,7-8H2,1-6H3/t12-,13-,14-/m0/s1. The molecule has 1 aromatic rings. The van der Waals surface area contributed by atoms with Crippen LogP contribution in [0.5, 0.6) is 5.88 Å². The molecule has 0 aliphatic heterocycles. The second kappa shape index (κ2) is 6.30. The van der Waals surface area contributed by atoms with Crippen LogP contribution in [0.3, 0.4) is 0 Å². The van der Waals surface area contributed by atoms with E-state index in [4.69, 9.17) is 4.74 Å². The van der Waals surface area contributed by atoms with Crippen LogP contribution < -0.4 is 10.1 Å². The molecule has 0 saturated heterocycles. The molecule has 1 saturated carbocycles. The molecule has 2 rings (SSSR count). The molecule has 1 atom stereocenters. The zero-order chi connectivity index (χ0) is 15.6. The number of nitrogens with one attached hydrogen (secondary N) is 1. The largest absolute Gasteiger partial charge is 0.473 e. The van der Waals surface area contributed by atoms with Gasteiger partial charge in [0.2, 0.25) is 5.88 Å². The van der Waals surface area contributed by atoms with E-state index >= 15 is 0 Å². The van der Waals surface area contributed by atoms with E-state index in [1.165, 1.54) is 0 Å². The van der Waals surface area contributed by atoms with Crippen molar-refractivity contribution in [3.63, 3.8) is 0 Å². The lowest BCUT2D eigenvalue weighted by atomic mass is 9.88. The number of rotatable bonds is 5. The molecular formula is C17H29N3O. The van der Waals surface area contributed by atoms with Gasteiger partial charge in [-0.2, -0.15) is 0 Å². The molecule has 0 spiro atoms. The fourth-order valence-electron chi connectivity index (χ4n) is 2.30. The molecule has 21 heavy (non-hydrogen) atoms. The number of ether oxygens (including phenoxy) is 1. The average Bonchev–Trinajstić information content (AvgIpc) is 2.35. The van der Waals surface area contributed by atoms with Gasteiger partial charge in [-0.3, -0.25) is 4.98 Å². The molecule has 0 radical (unpaired) electrons. The molecular weight excluding hydrogens is 262 g/mol. The van der Waals surface area contributed by atoms with E-state index in [0.29, 0.717) is 23.9 Å². The van der Waals surface area contributed by atoms with Gasteiger partial charge in [0.05, 0.1) is 18.1 Å². The maximum Gasteiger partial charge on any atom is 0.232 e. The predicted molar refractivity (Wildman–Crippen MR) is 85.6 cm³/mol. The Morgan fingerprint density at radius 2 is 1.81 bits per heavy atom. The number of hydrogen-bond acceptors (Lipinski definition) is 4. The van der Waals surface area contributed by atoms with E-state index in [1.807, 2.05) is 6.20 Å². The zero-order valence-corrected chi connectivity index (χ0v) is 14.2. The van der Waals surface area contributed by atoms with Gasteiger partial charge < -0.3 is 10.1 Å². The lowest BCUT2D eigenvalue weighted by molar-refractivity contribution is 0.0728. The van der Waals surface area contributed by atoms with Crippen LogP contribution in [-0.2, 0) is 5.41 Å². The maximum absolute atomic E-state index is 5.88. The first kappa shape index (κ1) is 16.2. The van der Waals surface area contributed by atoms with Crippen molar-refractivity contribution < 1.29 is 4.74 Å². The lowest BCUT2D eigenvalue weighted by Gasteiger charge is -2.38. The maximum atomic E-state index is 5.88. The summed E-state index contributed by atoms with van der Waals surface area (Å²) in [6.45, 7) is 13.1. The number of nitrogens with zero attached hydrogens (tertiary/aromatic N) is 2. The van der Waals surface area contributed by atoms with Gasteiger partial charge in [0.1, 0.15) is 6.10 Å². The highest BCUT2D eigenvalue weighted by Gasteiger charge is 2.32. The molecule has 1 heterocycles. The highest BCUT2D eigenvalue weighted by Crippen LogP contribution is 2.26. The molecule has 0 amide bonds. The van der Waals surface area contributed by atoms with Crippen LogP contribution in [0.2, 0.25) is 0 Å². The first-order valence-electron chi connectivity index (χ1n) is 8.01. The van der Waals surface area contributed by atoms with Crippen molar-refractivity contribution in [3.05, 3.63) is 18.1 Å². The summed E-state index contributed by atoms with van der Waals surface area (Å²) in [6.07, 6.45) is 5.96. The van der Waals surface area contributed by atoms with Crippen molar-refractivity contribution >= 4 is 0 Å². The van der Waals surface area contributed by atoms with Crippen LogP contribution in [0, 0.1) is 5.92 Å². The van der Waals surface area contributed by atoms with Crippen LogP contribution in [0.1, 0.15) is 60.1 Å². The summed E-state index contributed by atoms with van der Waals surface area (Å²) in [5.74, 6) is 1.31. The van der Waals surface area contributed by atoms with Crippen LogP contribution in [0.25, 0.3) is 0 Å². The minimum absolute atomic E-state index is 0.0317. The van der Waals surface area contributed by atoms with Crippen molar-refractivity contribution in [1.82, 2.24) is 15.3 Å². The van der Waals surface area contributed by atoms with Gasteiger partial charge in [0, 0.05) is 17.5 Å².